The van der Waals surface area contributed by atoms with Crippen LogP contribution in [-0.2, 0) is 11.3 Å². The van der Waals surface area contributed by atoms with Crippen molar-refractivity contribution in [3.8, 4) is 0 Å². The summed E-state index contributed by atoms with van der Waals surface area (Å²) in [5.41, 5.74) is 7.21. The Morgan fingerprint density at radius 1 is 1.06 bits per heavy atom. The lowest BCUT2D eigenvalue weighted by molar-refractivity contribution is 0.0367. The maximum atomic E-state index is 13.0. The molecular weight excluding hydrogens is 456 g/mol. The maximum Gasteiger partial charge on any atom is 0.253 e. The summed E-state index contributed by atoms with van der Waals surface area (Å²) in [5, 5.41) is 5.15. The number of H-pyrrole nitrogens is 1. The number of nitrogens with zero attached hydrogens (tertiary/aromatic N) is 2. The molecule has 0 radical (unpaired) electrons. The van der Waals surface area contributed by atoms with Gasteiger partial charge in [0.2, 0.25) is 0 Å². The first-order chi connectivity index (χ1) is 16.8. The molecule has 186 valence electrons. The smallest absolute Gasteiger partial charge is 0.253 e. The van der Waals surface area contributed by atoms with E-state index < -0.39 is 0 Å². The Labute approximate surface area is 213 Å². The number of hydrogen-bond donors (Lipinski definition) is 2. The number of aromatic nitrogens is 1. The van der Waals surface area contributed by atoms with Crippen molar-refractivity contribution in [3.63, 3.8) is 0 Å². The van der Waals surface area contributed by atoms with Gasteiger partial charge in [0.05, 0.1) is 19.8 Å². The molecule has 7 heteroatoms. The van der Waals surface area contributed by atoms with Crippen LogP contribution in [0, 0.1) is 27.7 Å². The normalized spacial score (nSPS) is 14.3. The van der Waals surface area contributed by atoms with E-state index in [4.69, 9.17) is 17.0 Å². The molecule has 0 unspecified atom stereocenters. The number of ether oxygens (including phenoxy) is 1. The van der Waals surface area contributed by atoms with Crippen LogP contribution in [0.25, 0.3) is 10.9 Å². The molecule has 35 heavy (non-hydrogen) atoms. The molecule has 1 aromatic heterocycles. The Bertz CT molecular complexity index is 1260. The molecule has 2 N–H and O–H groups in total. The van der Waals surface area contributed by atoms with Crippen molar-refractivity contribution in [2.45, 2.75) is 40.7 Å². The highest BCUT2D eigenvalue weighted by molar-refractivity contribution is 7.80. The van der Waals surface area contributed by atoms with Crippen LogP contribution in [-0.4, -0.2) is 59.3 Å². The Morgan fingerprint density at radius 3 is 2.54 bits per heavy atom. The van der Waals surface area contributed by atoms with Crippen LogP contribution in [0.15, 0.2) is 41.2 Å². The summed E-state index contributed by atoms with van der Waals surface area (Å²) < 4.78 is 5.47. The van der Waals surface area contributed by atoms with E-state index in [0.29, 0.717) is 11.7 Å². The van der Waals surface area contributed by atoms with Crippen LogP contribution in [0.2, 0.25) is 0 Å². The highest BCUT2D eigenvalue weighted by Gasteiger charge is 2.16. The molecule has 1 aliphatic rings. The van der Waals surface area contributed by atoms with Gasteiger partial charge in [-0.15, -0.1) is 0 Å². The van der Waals surface area contributed by atoms with Gasteiger partial charge in [0, 0.05) is 48.3 Å². The number of fused-ring (bicyclic) bond motifs is 1. The zero-order valence-corrected chi connectivity index (χ0v) is 22.1. The van der Waals surface area contributed by atoms with Gasteiger partial charge in [-0.3, -0.25) is 9.69 Å². The fourth-order valence-corrected chi connectivity index (χ4v) is 5.02. The van der Waals surface area contributed by atoms with Crippen LogP contribution in [0.1, 0.15) is 34.2 Å². The first kappa shape index (κ1) is 25.4. The molecule has 0 aliphatic carbocycles. The molecule has 0 bridgehead atoms. The van der Waals surface area contributed by atoms with Gasteiger partial charge in [-0.25, -0.2) is 0 Å². The van der Waals surface area contributed by atoms with E-state index in [-0.39, 0.29) is 5.56 Å². The van der Waals surface area contributed by atoms with E-state index in [0.717, 1.165) is 84.7 Å². The second-order valence-corrected chi connectivity index (χ2v) is 10.0. The number of hydrogen-bond acceptors (Lipinski definition) is 4. The van der Waals surface area contributed by atoms with Gasteiger partial charge in [-0.2, -0.15) is 0 Å². The minimum Gasteiger partial charge on any atom is -0.379 e. The predicted molar refractivity (Wildman–Crippen MR) is 148 cm³/mol. The second-order valence-electron chi connectivity index (χ2n) is 9.64. The molecule has 0 atom stereocenters. The number of morpholine rings is 1. The van der Waals surface area contributed by atoms with Crippen LogP contribution in [0.3, 0.4) is 0 Å². The van der Waals surface area contributed by atoms with Crippen LogP contribution in [0.4, 0.5) is 5.69 Å². The van der Waals surface area contributed by atoms with Crippen molar-refractivity contribution >= 4 is 33.9 Å². The number of anilines is 1. The Hall–Kier alpha value is -2.74. The molecule has 2 aromatic carbocycles. The minimum atomic E-state index is -0.0602. The molecule has 2 heterocycles. The number of nitrogens with one attached hydrogen (secondary N) is 2. The standard InChI is InChI=1S/C28H36N4O2S/c1-19-6-7-25(22(4)14-19)30-28(35)32(9-5-8-31-10-12-34-13-11-31)18-23-17-24-21(3)15-20(2)16-26(24)29-27(23)33/h6-7,14-17H,5,8-13,18H2,1-4H3,(H,29,33)(H,30,35). The number of thiocarbonyl (C=S) groups is 1. The predicted octanol–water partition coefficient (Wildman–Crippen LogP) is 4.68. The van der Waals surface area contributed by atoms with Crippen molar-refractivity contribution in [2.24, 2.45) is 0 Å². The fraction of sp³-hybridized carbons (Fsp3) is 0.429. The van der Waals surface area contributed by atoms with E-state index in [1.807, 2.05) is 19.1 Å². The average Bonchev–Trinajstić information content (AvgIpc) is 2.81. The highest BCUT2D eigenvalue weighted by atomic mass is 32.1. The molecule has 0 spiro atoms. The minimum absolute atomic E-state index is 0.0602. The molecule has 0 amide bonds. The lowest BCUT2D eigenvalue weighted by Crippen LogP contribution is -2.40. The van der Waals surface area contributed by atoms with Gasteiger partial charge in [0.15, 0.2) is 5.11 Å². The van der Waals surface area contributed by atoms with Crippen molar-refractivity contribution in [1.82, 2.24) is 14.8 Å². The third-order valence-electron chi connectivity index (χ3n) is 6.67. The lowest BCUT2D eigenvalue weighted by atomic mass is 10.0. The summed E-state index contributed by atoms with van der Waals surface area (Å²) in [6, 6.07) is 12.5. The second kappa shape index (κ2) is 11.3. The van der Waals surface area contributed by atoms with Gasteiger partial charge in [-0.1, -0.05) is 23.8 Å². The number of pyridine rings is 1. The SMILES string of the molecule is Cc1ccc(NC(=S)N(CCCN2CCOCC2)Cc2cc3c(C)cc(C)cc3[nH]c2=O)c(C)c1. The number of aryl methyl sites for hydroxylation is 4. The first-order valence-corrected chi connectivity index (χ1v) is 12.8. The van der Waals surface area contributed by atoms with Crippen LogP contribution in [0.5, 0.6) is 0 Å². The van der Waals surface area contributed by atoms with Crippen LogP contribution < -0.4 is 10.9 Å². The monoisotopic (exact) mass is 492 g/mol. The van der Waals surface area contributed by atoms with E-state index in [1.54, 1.807) is 0 Å². The van der Waals surface area contributed by atoms with Crippen LogP contribution >= 0.6 is 12.2 Å². The molecule has 6 nitrogen and oxygen atoms in total. The summed E-state index contributed by atoms with van der Waals surface area (Å²) in [6.45, 7) is 14.0. The van der Waals surface area contributed by atoms with Gasteiger partial charge >= 0.3 is 0 Å². The Kier molecular flexibility index (Phi) is 8.21. The Morgan fingerprint density at radius 2 is 1.80 bits per heavy atom. The molecule has 1 saturated heterocycles. The summed E-state index contributed by atoms with van der Waals surface area (Å²) in [7, 11) is 0. The third-order valence-corrected chi connectivity index (χ3v) is 7.03. The molecule has 3 aromatic rings. The zero-order valence-electron chi connectivity index (χ0n) is 21.2. The van der Waals surface area contributed by atoms with Crippen molar-refractivity contribution in [1.29, 1.82) is 0 Å². The summed E-state index contributed by atoms with van der Waals surface area (Å²) in [4.78, 5) is 20.7. The lowest BCUT2D eigenvalue weighted by Gasteiger charge is -2.30. The van der Waals surface area contributed by atoms with Crippen molar-refractivity contribution in [3.05, 3.63) is 74.6 Å². The van der Waals surface area contributed by atoms with E-state index in [1.165, 1.54) is 5.56 Å². The van der Waals surface area contributed by atoms with Crippen molar-refractivity contribution in [2.75, 3.05) is 44.7 Å². The zero-order chi connectivity index (χ0) is 24.9. The largest absolute Gasteiger partial charge is 0.379 e. The Balaban J connectivity index is 1.55. The topological polar surface area (TPSA) is 60.6 Å². The number of aromatic amines is 1. The van der Waals surface area contributed by atoms with Crippen molar-refractivity contribution < 1.29 is 4.74 Å². The fourth-order valence-electron chi connectivity index (χ4n) is 4.75. The summed E-state index contributed by atoms with van der Waals surface area (Å²) in [5.74, 6) is 0. The van der Waals surface area contributed by atoms with E-state index in [2.05, 4.69) is 65.1 Å². The molecule has 0 saturated carbocycles. The molecular formula is C28H36N4O2S. The van der Waals surface area contributed by atoms with Gasteiger partial charge in [0.25, 0.3) is 5.56 Å². The van der Waals surface area contributed by atoms with Gasteiger partial charge < -0.3 is 19.9 Å². The number of benzene rings is 2. The van der Waals surface area contributed by atoms with E-state index >= 15 is 0 Å². The average molecular weight is 493 g/mol. The van der Waals surface area contributed by atoms with Gasteiger partial charge in [0.1, 0.15) is 0 Å². The van der Waals surface area contributed by atoms with E-state index in [9.17, 15) is 4.79 Å². The summed E-state index contributed by atoms with van der Waals surface area (Å²) >= 11 is 5.87. The quantitative estimate of drug-likeness (QED) is 0.467. The number of rotatable bonds is 7. The molecule has 4 rings (SSSR count). The molecule has 1 aliphatic heterocycles. The third kappa shape index (κ3) is 6.48. The molecule has 1 fully saturated rings. The maximum absolute atomic E-state index is 13.0. The summed E-state index contributed by atoms with van der Waals surface area (Å²) in [6.07, 6.45) is 0.957. The highest BCUT2D eigenvalue weighted by Crippen LogP contribution is 2.20. The van der Waals surface area contributed by atoms with Gasteiger partial charge in [-0.05, 0) is 81.2 Å². The first-order valence-electron chi connectivity index (χ1n) is 12.4.